The third-order valence-electron chi connectivity index (χ3n) is 3.40. The Morgan fingerprint density at radius 3 is 2.78 bits per heavy atom. The van der Waals surface area contributed by atoms with Crippen molar-refractivity contribution in [2.45, 2.75) is 18.8 Å². The summed E-state index contributed by atoms with van der Waals surface area (Å²) in [5.41, 5.74) is -0.998. The van der Waals surface area contributed by atoms with Gasteiger partial charge in [-0.1, -0.05) is 0 Å². The molecule has 23 heavy (non-hydrogen) atoms. The van der Waals surface area contributed by atoms with E-state index in [1.165, 1.54) is 36.9 Å². The third kappa shape index (κ3) is 4.73. The number of nitrogens with one attached hydrogen (secondary N) is 2. The van der Waals surface area contributed by atoms with Crippen molar-refractivity contribution in [2.24, 2.45) is 0 Å². The van der Waals surface area contributed by atoms with Crippen LogP contribution in [0.25, 0.3) is 0 Å². The minimum Gasteiger partial charge on any atom is -0.349 e. The molecule has 2 unspecified atom stereocenters. The molecule has 2 heterocycles. The van der Waals surface area contributed by atoms with E-state index in [4.69, 9.17) is 13.8 Å². The summed E-state index contributed by atoms with van der Waals surface area (Å²) in [5.74, 6) is 1.33. The summed E-state index contributed by atoms with van der Waals surface area (Å²) in [6, 6.07) is 1.26. The molecule has 1 fully saturated rings. The van der Waals surface area contributed by atoms with E-state index in [9.17, 15) is 14.2 Å². The van der Waals surface area contributed by atoms with Crippen LogP contribution in [-0.2, 0) is 18.3 Å². The summed E-state index contributed by atoms with van der Waals surface area (Å²) in [5, 5.41) is 3.17. The van der Waals surface area contributed by atoms with Crippen LogP contribution in [0.2, 0.25) is 0 Å². The highest BCUT2D eigenvalue weighted by Crippen LogP contribution is 2.48. The molecule has 0 saturated carbocycles. The minimum atomic E-state index is -3.27. The maximum atomic E-state index is 12.0. The molecular weight excluding hydrogens is 325 g/mol. The fraction of sp³-hybridized carbons (Fsp3) is 0.538. The van der Waals surface area contributed by atoms with Gasteiger partial charge >= 0.3 is 13.3 Å². The number of hydrogen-bond acceptors (Lipinski definition) is 7. The first-order valence-electron chi connectivity index (χ1n) is 7.05. The van der Waals surface area contributed by atoms with E-state index < -0.39 is 31.2 Å². The van der Waals surface area contributed by atoms with Gasteiger partial charge in [-0.2, -0.15) is 0 Å². The molecule has 0 radical (unpaired) electrons. The van der Waals surface area contributed by atoms with Crippen molar-refractivity contribution in [2.75, 3.05) is 27.3 Å². The highest BCUT2D eigenvalue weighted by Gasteiger charge is 2.23. The molecular formula is C13H20N3O6P. The fourth-order valence-corrected chi connectivity index (χ4v) is 2.95. The maximum Gasteiger partial charge on any atom is 0.353 e. The zero-order chi connectivity index (χ0) is 16.9. The van der Waals surface area contributed by atoms with Gasteiger partial charge < -0.3 is 19.1 Å². The van der Waals surface area contributed by atoms with Gasteiger partial charge in [-0.15, -0.1) is 0 Å². The normalized spacial score (nSPS) is 23.0. The lowest BCUT2D eigenvalue weighted by Crippen LogP contribution is -2.33. The molecule has 0 aliphatic carbocycles. The van der Waals surface area contributed by atoms with E-state index >= 15 is 0 Å². The smallest absolute Gasteiger partial charge is 0.349 e. The fourth-order valence-electron chi connectivity index (χ4n) is 2.16. The molecule has 2 N–H and O–H groups in total. The summed E-state index contributed by atoms with van der Waals surface area (Å²) < 4.78 is 28.9. The van der Waals surface area contributed by atoms with Gasteiger partial charge in [-0.05, 0) is 12.6 Å². The van der Waals surface area contributed by atoms with Gasteiger partial charge in [-0.3, -0.25) is 18.9 Å². The van der Waals surface area contributed by atoms with Crippen molar-refractivity contribution in [1.82, 2.24) is 14.9 Å². The molecule has 1 saturated heterocycles. The van der Waals surface area contributed by atoms with Gasteiger partial charge in [0, 0.05) is 45.3 Å². The van der Waals surface area contributed by atoms with Crippen LogP contribution in [0, 0.1) is 0 Å². The van der Waals surface area contributed by atoms with Gasteiger partial charge in [-0.25, -0.2) is 4.79 Å². The van der Waals surface area contributed by atoms with E-state index in [-0.39, 0.29) is 0 Å². The number of nitrogens with zero attached hydrogens (tertiary/aromatic N) is 1. The molecule has 0 aromatic carbocycles. The second kappa shape index (κ2) is 7.85. The standard InChI is InChI=1S/C13H20N3O6P/c1-20-23(19,21-2)8-5-10-9-14-6-3-12(22-10)16-7-4-11(17)15-13(16)18/h4-5,7-8,10,12,14H,3,6,9H2,1-2H3,(H,15,17,18)/b8-5+. The molecule has 1 aliphatic heterocycles. The van der Waals surface area contributed by atoms with Crippen LogP contribution in [0.4, 0.5) is 0 Å². The van der Waals surface area contributed by atoms with Crippen molar-refractivity contribution < 1.29 is 18.3 Å². The average molecular weight is 345 g/mol. The molecule has 2 atom stereocenters. The Bertz CT molecular complexity index is 704. The number of aromatic amines is 1. The van der Waals surface area contributed by atoms with E-state index in [0.29, 0.717) is 19.5 Å². The van der Waals surface area contributed by atoms with Crippen molar-refractivity contribution in [3.63, 3.8) is 0 Å². The van der Waals surface area contributed by atoms with Crippen LogP contribution >= 0.6 is 7.60 Å². The second-order valence-electron chi connectivity index (χ2n) is 4.89. The molecule has 0 amide bonds. The van der Waals surface area contributed by atoms with E-state index in [1.807, 2.05) is 0 Å². The lowest BCUT2D eigenvalue weighted by molar-refractivity contribution is -0.0255. The summed E-state index contributed by atoms with van der Waals surface area (Å²) in [6.45, 7) is 1.12. The third-order valence-corrected chi connectivity index (χ3v) is 4.95. The topological polar surface area (TPSA) is 112 Å². The maximum absolute atomic E-state index is 12.0. The van der Waals surface area contributed by atoms with E-state index in [0.717, 1.165) is 0 Å². The Labute approximate surface area is 132 Å². The van der Waals surface area contributed by atoms with Crippen LogP contribution in [0.3, 0.4) is 0 Å². The lowest BCUT2D eigenvalue weighted by Gasteiger charge is -2.21. The second-order valence-corrected chi connectivity index (χ2v) is 6.99. The highest BCUT2D eigenvalue weighted by molar-refractivity contribution is 7.57. The average Bonchev–Trinajstić information content (AvgIpc) is 2.78. The molecule has 1 aromatic rings. The van der Waals surface area contributed by atoms with Crippen LogP contribution < -0.4 is 16.6 Å². The molecule has 128 valence electrons. The molecule has 9 nitrogen and oxygen atoms in total. The summed E-state index contributed by atoms with van der Waals surface area (Å²) >= 11 is 0. The number of rotatable bonds is 5. The van der Waals surface area contributed by atoms with Crippen molar-refractivity contribution in [3.05, 3.63) is 45.0 Å². The molecule has 10 heteroatoms. The predicted molar refractivity (Wildman–Crippen MR) is 83.5 cm³/mol. The Morgan fingerprint density at radius 1 is 1.39 bits per heavy atom. The summed E-state index contributed by atoms with van der Waals surface area (Å²) in [6.07, 6.45) is 2.54. The van der Waals surface area contributed by atoms with Crippen molar-refractivity contribution >= 4 is 7.60 Å². The number of aromatic nitrogens is 2. The van der Waals surface area contributed by atoms with Crippen molar-refractivity contribution in [1.29, 1.82) is 0 Å². The zero-order valence-corrected chi connectivity index (χ0v) is 13.8. The highest BCUT2D eigenvalue weighted by atomic mass is 31.2. The van der Waals surface area contributed by atoms with Crippen LogP contribution in [0.5, 0.6) is 0 Å². The quantitative estimate of drug-likeness (QED) is 0.744. The predicted octanol–water partition coefficient (Wildman–Crippen LogP) is 0.413. The molecule has 1 aliphatic rings. The minimum absolute atomic E-state index is 0.431. The Kier molecular flexibility index (Phi) is 6.09. The van der Waals surface area contributed by atoms with Gasteiger partial charge in [0.15, 0.2) is 0 Å². The first-order chi connectivity index (χ1) is 11.0. The Balaban J connectivity index is 2.18. The van der Waals surface area contributed by atoms with Crippen LogP contribution in [0.1, 0.15) is 12.6 Å². The monoisotopic (exact) mass is 345 g/mol. The van der Waals surface area contributed by atoms with Crippen LogP contribution in [-0.4, -0.2) is 43.0 Å². The van der Waals surface area contributed by atoms with Gasteiger partial charge in [0.25, 0.3) is 5.56 Å². The van der Waals surface area contributed by atoms with Gasteiger partial charge in [0.1, 0.15) is 6.23 Å². The molecule has 1 aromatic heterocycles. The summed E-state index contributed by atoms with van der Waals surface area (Å²) in [7, 11) is -0.684. The SMILES string of the molecule is COP(=O)(/C=C/C1CNCCC(n2ccc(=O)[nH]c2=O)O1)OC. The largest absolute Gasteiger partial charge is 0.353 e. The van der Waals surface area contributed by atoms with E-state index in [2.05, 4.69) is 10.3 Å². The summed E-state index contributed by atoms with van der Waals surface area (Å²) in [4.78, 5) is 25.2. The number of ether oxygens (including phenoxy) is 1. The van der Waals surface area contributed by atoms with Gasteiger partial charge in [0.2, 0.25) is 0 Å². The molecule has 0 spiro atoms. The number of H-pyrrole nitrogens is 1. The molecule has 0 bridgehead atoms. The van der Waals surface area contributed by atoms with Crippen molar-refractivity contribution in [3.8, 4) is 0 Å². The number of hydrogen-bond donors (Lipinski definition) is 2. The first-order valence-corrected chi connectivity index (χ1v) is 8.67. The van der Waals surface area contributed by atoms with Gasteiger partial charge in [0.05, 0.1) is 6.10 Å². The Morgan fingerprint density at radius 2 is 2.13 bits per heavy atom. The molecule has 2 rings (SSSR count). The van der Waals surface area contributed by atoms with E-state index in [1.54, 1.807) is 6.08 Å². The zero-order valence-electron chi connectivity index (χ0n) is 12.9. The lowest BCUT2D eigenvalue weighted by atomic mass is 10.3. The Hall–Kier alpha value is -1.51. The van der Waals surface area contributed by atoms with Crippen LogP contribution in [0.15, 0.2) is 33.7 Å². The first kappa shape index (κ1) is 17.8.